The average molecular weight is 213 g/mol. The molecule has 0 aromatic heterocycles. The zero-order valence-electron chi connectivity index (χ0n) is 9.91. The van der Waals surface area contributed by atoms with Crippen LogP contribution in [0.3, 0.4) is 0 Å². The zero-order valence-corrected chi connectivity index (χ0v) is 9.91. The number of likely N-dealkylation sites (N-methyl/N-ethyl adjacent to an activating group) is 1. The Hall–Kier alpha value is -0.610. The minimum absolute atomic E-state index is 0.0402. The van der Waals surface area contributed by atoms with Crippen molar-refractivity contribution in [3.63, 3.8) is 0 Å². The first-order valence-electron chi connectivity index (χ1n) is 5.86. The van der Waals surface area contributed by atoms with Crippen LogP contribution in [0.2, 0.25) is 0 Å². The summed E-state index contributed by atoms with van der Waals surface area (Å²) in [5.41, 5.74) is 5.64. The number of hydrogen-bond acceptors (Lipinski definition) is 3. The number of carbonyl (C=O) groups is 1. The van der Waals surface area contributed by atoms with Gasteiger partial charge >= 0.3 is 0 Å². The number of carbonyl (C=O) groups excluding carboxylic acids is 1. The van der Waals surface area contributed by atoms with E-state index in [4.69, 9.17) is 5.73 Å². The Morgan fingerprint density at radius 1 is 1.33 bits per heavy atom. The van der Waals surface area contributed by atoms with Gasteiger partial charge in [0.2, 0.25) is 5.91 Å². The van der Waals surface area contributed by atoms with Crippen molar-refractivity contribution in [3.05, 3.63) is 0 Å². The van der Waals surface area contributed by atoms with Crippen LogP contribution >= 0.6 is 0 Å². The third-order valence-electron chi connectivity index (χ3n) is 3.09. The van der Waals surface area contributed by atoms with Crippen molar-refractivity contribution in [2.45, 2.75) is 19.8 Å². The Morgan fingerprint density at radius 2 is 1.93 bits per heavy atom. The molecule has 0 spiro atoms. The SMILES string of the molecule is CCCC(CN)C(=O)N1CCN(C)CC1. The molecule has 0 bridgehead atoms. The Bertz CT molecular complexity index is 200. The molecule has 0 aromatic carbocycles. The lowest BCUT2D eigenvalue weighted by atomic mass is 10.0. The molecule has 2 N–H and O–H groups in total. The van der Waals surface area contributed by atoms with E-state index in [0.29, 0.717) is 6.54 Å². The summed E-state index contributed by atoms with van der Waals surface area (Å²) in [4.78, 5) is 16.3. The molecule has 88 valence electrons. The molecule has 4 heteroatoms. The van der Waals surface area contributed by atoms with Crippen LogP contribution in [0.4, 0.5) is 0 Å². The van der Waals surface area contributed by atoms with Gasteiger partial charge in [0.1, 0.15) is 0 Å². The molecule has 1 fully saturated rings. The Labute approximate surface area is 92.4 Å². The molecular weight excluding hydrogens is 190 g/mol. The van der Waals surface area contributed by atoms with E-state index in [1.54, 1.807) is 0 Å². The maximum Gasteiger partial charge on any atom is 0.227 e. The summed E-state index contributed by atoms with van der Waals surface area (Å²) >= 11 is 0. The van der Waals surface area contributed by atoms with Crippen LogP contribution in [0.15, 0.2) is 0 Å². The van der Waals surface area contributed by atoms with Crippen LogP contribution in [0.25, 0.3) is 0 Å². The summed E-state index contributed by atoms with van der Waals surface area (Å²) in [7, 11) is 2.09. The van der Waals surface area contributed by atoms with Gasteiger partial charge in [-0.25, -0.2) is 0 Å². The lowest BCUT2D eigenvalue weighted by molar-refractivity contribution is -0.137. The lowest BCUT2D eigenvalue weighted by Gasteiger charge is -2.34. The summed E-state index contributed by atoms with van der Waals surface area (Å²) in [5, 5.41) is 0. The van der Waals surface area contributed by atoms with Gasteiger partial charge in [0, 0.05) is 32.7 Å². The molecule has 1 aliphatic rings. The second kappa shape index (κ2) is 6.08. The molecule has 4 nitrogen and oxygen atoms in total. The Balaban J connectivity index is 2.44. The Kier molecular flexibility index (Phi) is 5.05. The van der Waals surface area contributed by atoms with E-state index in [0.717, 1.165) is 39.0 Å². The molecule has 0 radical (unpaired) electrons. The minimum Gasteiger partial charge on any atom is -0.340 e. The van der Waals surface area contributed by atoms with Gasteiger partial charge in [0.15, 0.2) is 0 Å². The number of rotatable bonds is 4. The Morgan fingerprint density at radius 3 is 2.40 bits per heavy atom. The highest BCUT2D eigenvalue weighted by Gasteiger charge is 2.24. The maximum absolute atomic E-state index is 12.1. The molecule has 0 saturated carbocycles. The molecule has 15 heavy (non-hydrogen) atoms. The summed E-state index contributed by atoms with van der Waals surface area (Å²) in [6.45, 7) is 6.26. The van der Waals surface area contributed by atoms with Crippen LogP contribution in [0, 0.1) is 5.92 Å². The second-order valence-electron chi connectivity index (χ2n) is 4.35. The normalized spacial score (nSPS) is 20.3. The van der Waals surface area contributed by atoms with E-state index in [-0.39, 0.29) is 11.8 Å². The fourth-order valence-corrected chi connectivity index (χ4v) is 1.98. The average Bonchev–Trinajstić information content (AvgIpc) is 2.26. The smallest absolute Gasteiger partial charge is 0.227 e. The van der Waals surface area contributed by atoms with E-state index in [1.165, 1.54) is 0 Å². The highest BCUT2D eigenvalue weighted by atomic mass is 16.2. The number of amides is 1. The standard InChI is InChI=1S/C11H23N3O/c1-3-4-10(9-12)11(15)14-7-5-13(2)6-8-14/h10H,3-9,12H2,1-2H3. The molecule has 1 amide bonds. The first-order valence-corrected chi connectivity index (χ1v) is 5.86. The number of nitrogens with two attached hydrogens (primary N) is 1. The van der Waals surface area contributed by atoms with Crippen molar-refractivity contribution in [1.82, 2.24) is 9.80 Å². The molecule has 1 unspecified atom stereocenters. The van der Waals surface area contributed by atoms with Gasteiger partial charge in [-0.2, -0.15) is 0 Å². The zero-order chi connectivity index (χ0) is 11.3. The molecule has 1 aliphatic heterocycles. The molecular formula is C11H23N3O. The number of piperazine rings is 1. The quantitative estimate of drug-likeness (QED) is 0.722. The van der Waals surface area contributed by atoms with Gasteiger partial charge < -0.3 is 15.5 Å². The summed E-state index contributed by atoms with van der Waals surface area (Å²) < 4.78 is 0. The first kappa shape index (κ1) is 12.5. The molecule has 0 aromatic rings. The summed E-state index contributed by atoms with van der Waals surface area (Å²) in [6, 6.07) is 0. The third kappa shape index (κ3) is 3.47. The van der Waals surface area contributed by atoms with Gasteiger partial charge in [-0.05, 0) is 13.5 Å². The highest BCUT2D eigenvalue weighted by Crippen LogP contribution is 2.11. The predicted molar refractivity (Wildman–Crippen MR) is 61.5 cm³/mol. The summed E-state index contributed by atoms with van der Waals surface area (Å²) in [6.07, 6.45) is 1.95. The largest absolute Gasteiger partial charge is 0.340 e. The second-order valence-corrected chi connectivity index (χ2v) is 4.35. The van der Waals surface area contributed by atoms with Gasteiger partial charge in [-0.3, -0.25) is 4.79 Å². The van der Waals surface area contributed by atoms with E-state index in [2.05, 4.69) is 18.9 Å². The minimum atomic E-state index is 0.0402. The van der Waals surface area contributed by atoms with Crippen molar-refractivity contribution in [2.75, 3.05) is 39.8 Å². The topological polar surface area (TPSA) is 49.6 Å². The van der Waals surface area contributed by atoms with Gasteiger partial charge in [-0.1, -0.05) is 13.3 Å². The first-order chi connectivity index (χ1) is 7.19. The monoisotopic (exact) mass is 213 g/mol. The van der Waals surface area contributed by atoms with Gasteiger partial charge in [0.05, 0.1) is 5.92 Å². The van der Waals surface area contributed by atoms with E-state index in [9.17, 15) is 4.79 Å². The van der Waals surface area contributed by atoms with Crippen LogP contribution in [0.5, 0.6) is 0 Å². The van der Waals surface area contributed by atoms with Gasteiger partial charge in [-0.15, -0.1) is 0 Å². The maximum atomic E-state index is 12.1. The van der Waals surface area contributed by atoms with Crippen molar-refractivity contribution >= 4 is 5.91 Å². The highest BCUT2D eigenvalue weighted by molar-refractivity contribution is 5.79. The van der Waals surface area contributed by atoms with E-state index >= 15 is 0 Å². The van der Waals surface area contributed by atoms with Crippen molar-refractivity contribution in [3.8, 4) is 0 Å². The molecule has 1 saturated heterocycles. The van der Waals surface area contributed by atoms with Crippen molar-refractivity contribution in [1.29, 1.82) is 0 Å². The fraction of sp³-hybridized carbons (Fsp3) is 0.909. The van der Waals surface area contributed by atoms with Gasteiger partial charge in [0.25, 0.3) is 0 Å². The lowest BCUT2D eigenvalue weighted by Crippen LogP contribution is -2.50. The summed E-state index contributed by atoms with van der Waals surface area (Å²) in [5.74, 6) is 0.297. The molecule has 0 aliphatic carbocycles. The predicted octanol–water partition coefficient (Wildman–Crippen LogP) is 0.135. The van der Waals surface area contributed by atoms with Crippen LogP contribution < -0.4 is 5.73 Å². The van der Waals surface area contributed by atoms with Crippen molar-refractivity contribution < 1.29 is 4.79 Å². The molecule has 1 heterocycles. The van der Waals surface area contributed by atoms with Crippen LogP contribution in [-0.2, 0) is 4.79 Å². The van der Waals surface area contributed by atoms with E-state index < -0.39 is 0 Å². The third-order valence-corrected chi connectivity index (χ3v) is 3.09. The van der Waals surface area contributed by atoms with Crippen molar-refractivity contribution in [2.24, 2.45) is 11.7 Å². The fourth-order valence-electron chi connectivity index (χ4n) is 1.98. The van der Waals surface area contributed by atoms with E-state index in [1.807, 2.05) is 4.90 Å². The number of nitrogens with zero attached hydrogens (tertiary/aromatic N) is 2. The van der Waals surface area contributed by atoms with Crippen LogP contribution in [0.1, 0.15) is 19.8 Å². The number of hydrogen-bond donors (Lipinski definition) is 1. The molecule has 1 atom stereocenters. The molecule has 1 rings (SSSR count). The van der Waals surface area contributed by atoms with Crippen LogP contribution in [-0.4, -0.2) is 55.5 Å².